The maximum atomic E-state index is 14.1. The smallest absolute Gasteiger partial charge is 0.328 e. The summed E-state index contributed by atoms with van der Waals surface area (Å²) in [4.78, 5) is 12.9. The molecule has 0 aliphatic carbocycles. The van der Waals surface area contributed by atoms with E-state index in [1.807, 2.05) is 6.07 Å². The number of rotatable bonds is 8. The van der Waals surface area contributed by atoms with Crippen molar-refractivity contribution in [1.82, 2.24) is 0 Å². The second-order valence-corrected chi connectivity index (χ2v) is 5.15. The molecule has 1 N–H and O–H groups in total. The van der Waals surface area contributed by atoms with Crippen LogP contribution in [0.1, 0.15) is 45.6 Å². The van der Waals surface area contributed by atoms with Crippen LogP contribution in [0.5, 0.6) is 0 Å². The molecule has 0 aliphatic rings. The van der Waals surface area contributed by atoms with Gasteiger partial charge in [-0.05, 0) is 38.0 Å². The second kappa shape index (κ2) is 8.45. The van der Waals surface area contributed by atoms with Crippen molar-refractivity contribution in [2.24, 2.45) is 0 Å². The highest BCUT2D eigenvalue weighted by atomic mass is 19.1. The van der Waals surface area contributed by atoms with Crippen LogP contribution in [0.25, 0.3) is 6.08 Å². The number of anilines is 1. The van der Waals surface area contributed by atoms with Gasteiger partial charge in [0.15, 0.2) is 0 Å². The highest BCUT2D eigenvalue weighted by Crippen LogP contribution is 2.27. The number of hydrogen-bond donors (Lipinski definition) is 1. The number of halogens is 1. The molecule has 3 nitrogen and oxygen atoms in total. The normalized spacial score (nSPS) is 12.6. The summed E-state index contributed by atoms with van der Waals surface area (Å²) in [6.07, 6.45) is 5.35. The molecule has 0 bridgehead atoms. The molecule has 4 heteroatoms. The molecule has 0 spiro atoms. The van der Waals surface area contributed by atoms with Crippen molar-refractivity contribution in [3.63, 3.8) is 0 Å². The SMILES string of the molecule is CCCCN(c1cccc(F)c1/C=C/C(=O)O)C(C)CC. The monoisotopic (exact) mass is 293 g/mol. The number of hydrogen-bond acceptors (Lipinski definition) is 2. The molecular formula is C17H24FNO2. The standard InChI is InChI=1S/C17H24FNO2/c1-4-6-12-19(13(3)5-2)16-9-7-8-15(18)14(16)10-11-17(20)21/h7-11,13H,4-6,12H2,1-3H3,(H,20,21)/b11-10+. The number of carboxylic acids is 1. The van der Waals surface area contributed by atoms with Crippen LogP contribution in [0.4, 0.5) is 10.1 Å². The van der Waals surface area contributed by atoms with Gasteiger partial charge in [-0.25, -0.2) is 9.18 Å². The molecule has 0 aromatic heterocycles. The highest BCUT2D eigenvalue weighted by Gasteiger charge is 2.17. The van der Waals surface area contributed by atoms with Crippen molar-refractivity contribution in [3.8, 4) is 0 Å². The van der Waals surface area contributed by atoms with Gasteiger partial charge < -0.3 is 10.0 Å². The van der Waals surface area contributed by atoms with Crippen LogP contribution in [-0.2, 0) is 4.79 Å². The van der Waals surface area contributed by atoms with E-state index in [-0.39, 0.29) is 6.04 Å². The van der Waals surface area contributed by atoms with Crippen molar-refractivity contribution in [2.45, 2.75) is 46.1 Å². The molecule has 1 aromatic rings. The molecule has 0 heterocycles. The Kier molecular flexibility index (Phi) is 6.92. The summed E-state index contributed by atoms with van der Waals surface area (Å²) in [5.74, 6) is -1.47. The predicted octanol–water partition coefficient (Wildman–Crippen LogP) is 4.33. The fraction of sp³-hybridized carbons (Fsp3) is 0.471. The first kappa shape index (κ1) is 17.2. The summed E-state index contributed by atoms with van der Waals surface area (Å²) < 4.78 is 14.1. The minimum absolute atomic E-state index is 0.273. The van der Waals surface area contributed by atoms with E-state index in [0.717, 1.165) is 37.6 Å². The average Bonchev–Trinajstić information content (AvgIpc) is 2.46. The zero-order valence-corrected chi connectivity index (χ0v) is 13.0. The van der Waals surface area contributed by atoms with Gasteiger partial charge in [-0.15, -0.1) is 0 Å². The average molecular weight is 293 g/mol. The lowest BCUT2D eigenvalue weighted by Crippen LogP contribution is -2.34. The van der Waals surface area contributed by atoms with Gasteiger partial charge in [0.25, 0.3) is 0 Å². The number of benzene rings is 1. The van der Waals surface area contributed by atoms with Gasteiger partial charge >= 0.3 is 5.97 Å². The van der Waals surface area contributed by atoms with E-state index in [1.54, 1.807) is 6.07 Å². The lowest BCUT2D eigenvalue weighted by molar-refractivity contribution is -0.131. The van der Waals surface area contributed by atoms with Crippen LogP contribution in [0.3, 0.4) is 0 Å². The van der Waals surface area contributed by atoms with Crippen molar-refractivity contribution in [2.75, 3.05) is 11.4 Å². The van der Waals surface area contributed by atoms with Gasteiger partial charge in [0.2, 0.25) is 0 Å². The van der Waals surface area contributed by atoms with E-state index in [0.29, 0.717) is 5.56 Å². The van der Waals surface area contributed by atoms with E-state index in [9.17, 15) is 9.18 Å². The summed E-state index contributed by atoms with van der Waals surface area (Å²) in [7, 11) is 0. The molecule has 0 amide bonds. The molecule has 0 aliphatic heterocycles. The van der Waals surface area contributed by atoms with Gasteiger partial charge in [-0.3, -0.25) is 0 Å². The summed E-state index contributed by atoms with van der Waals surface area (Å²) in [6.45, 7) is 7.15. The van der Waals surface area contributed by atoms with Gasteiger partial charge in [0.05, 0.1) is 0 Å². The van der Waals surface area contributed by atoms with Crippen LogP contribution < -0.4 is 4.90 Å². The second-order valence-electron chi connectivity index (χ2n) is 5.15. The third-order valence-corrected chi connectivity index (χ3v) is 3.61. The minimum atomic E-state index is -1.08. The number of carboxylic acid groups (broad SMARTS) is 1. The molecule has 1 rings (SSSR count). The first-order valence-corrected chi connectivity index (χ1v) is 7.47. The van der Waals surface area contributed by atoms with E-state index in [1.165, 1.54) is 12.1 Å². The fourth-order valence-electron chi connectivity index (χ4n) is 2.22. The predicted molar refractivity (Wildman–Crippen MR) is 85.1 cm³/mol. The van der Waals surface area contributed by atoms with Crippen LogP contribution in [0, 0.1) is 5.82 Å². The summed E-state index contributed by atoms with van der Waals surface area (Å²) >= 11 is 0. The number of unbranched alkanes of at least 4 members (excludes halogenated alkanes) is 1. The maximum absolute atomic E-state index is 14.1. The van der Waals surface area contributed by atoms with E-state index in [2.05, 4.69) is 25.7 Å². The molecule has 1 aromatic carbocycles. The Labute approximate surface area is 126 Å². The van der Waals surface area contributed by atoms with Crippen LogP contribution in [0.15, 0.2) is 24.3 Å². The zero-order chi connectivity index (χ0) is 15.8. The lowest BCUT2D eigenvalue weighted by atomic mass is 10.1. The highest BCUT2D eigenvalue weighted by molar-refractivity contribution is 5.87. The molecular weight excluding hydrogens is 269 g/mol. The molecule has 116 valence electrons. The number of carbonyl (C=O) groups is 1. The Morgan fingerprint density at radius 2 is 2.14 bits per heavy atom. The minimum Gasteiger partial charge on any atom is -0.478 e. The van der Waals surface area contributed by atoms with Crippen LogP contribution in [-0.4, -0.2) is 23.7 Å². The van der Waals surface area contributed by atoms with Gasteiger partial charge in [-0.1, -0.05) is 26.3 Å². The molecule has 21 heavy (non-hydrogen) atoms. The first-order valence-electron chi connectivity index (χ1n) is 7.47. The van der Waals surface area contributed by atoms with Gasteiger partial charge in [0, 0.05) is 29.9 Å². The van der Waals surface area contributed by atoms with Crippen LogP contribution in [0.2, 0.25) is 0 Å². The molecule has 0 fully saturated rings. The topological polar surface area (TPSA) is 40.5 Å². The fourth-order valence-corrected chi connectivity index (χ4v) is 2.22. The van der Waals surface area contributed by atoms with Gasteiger partial charge in [-0.2, -0.15) is 0 Å². The Hall–Kier alpha value is -1.84. The summed E-state index contributed by atoms with van der Waals surface area (Å²) in [5, 5.41) is 8.77. The van der Waals surface area contributed by atoms with Gasteiger partial charge in [0.1, 0.15) is 5.82 Å². The number of aliphatic carboxylic acids is 1. The Morgan fingerprint density at radius 3 is 2.71 bits per heavy atom. The molecule has 0 radical (unpaired) electrons. The van der Waals surface area contributed by atoms with Crippen molar-refractivity contribution >= 4 is 17.7 Å². The largest absolute Gasteiger partial charge is 0.478 e. The summed E-state index contributed by atoms with van der Waals surface area (Å²) in [5.41, 5.74) is 1.10. The molecule has 0 saturated heterocycles. The molecule has 0 saturated carbocycles. The van der Waals surface area contributed by atoms with Crippen molar-refractivity contribution in [1.29, 1.82) is 0 Å². The zero-order valence-electron chi connectivity index (χ0n) is 13.0. The number of nitrogens with zero attached hydrogens (tertiary/aromatic N) is 1. The third kappa shape index (κ3) is 4.88. The van der Waals surface area contributed by atoms with Crippen molar-refractivity contribution < 1.29 is 14.3 Å². The van der Waals surface area contributed by atoms with E-state index >= 15 is 0 Å². The Morgan fingerprint density at radius 1 is 1.43 bits per heavy atom. The Bertz CT molecular complexity index is 500. The third-order valence-electron chi connectivity index (χ3n) is 3.61. The van der Waals surface area contributed by atoms with Crippen LogP contribution >= 0.6 is 0 Å². The maximum Gasteiger partial charge on any atom is 0.328 e. The lowest BCUT2D eigenvalue weighted by Gasteiger charge is -2.32. The molecule has 1 atom stereocenters. The van der Waals surface area contributed by atoms with E-state index in [4.69, 9.17) is 5.11 Å². The first-order chi connectivity index (χ1) is 10.0. The quantitative estimate of drug-likeness (QED) is 0.725. The van der Waals surface area contributed by atoms with E-state index < -0.39 is 11.8 Å². The van der Waals surface area contributed by atoms with Crippen molar-refractivity contribution in [3.05, 3.63) is 35.7 Å². The summed E-state index contributed by atoms with van der Waals surface area (Å²) in [6, 6.07) is 5.16. The Balaban J connectivity index is 3.23. The molecule has 1 unspecified atom stereocenters.